The van der Waals surface area contributed by atoms with E-state index < -0.39 is 11.7 Å². The highest BCUT2D eigenvalue weighted by atomic mass is 35.5. The molecule has 1 aliphatic carbocycles. The SMILES string of the molecule is CC[C@](O)(c1ccccc1Cl)[C@@H]1CC1OC(N)=O. The van der Waals surface area contributed by atoms with Crippen molar-refractivity contribution in [1.82, 2.24) is 0 Å². The lowest BCUT2D eigenvalue weighted by atomic mass is 9.86. The lowest BCUT2D eigenvalue weighted by molar-refractivity contribution is -0.00683. The standard InChI is InChI=1S/C13H16ClNO3/c1-2-13(17,8-5-3-4-6-10(8)14)9-7-11(9)18-12(15)16/h3-6,9,11,17H,2,7H2,1H3,(H2,15,16)/t9-,11?,13+/m1/s1. The van der Waals surface area contributed by atoms with E-state index in [1.807, 2.05) is 19.1 Å². The molecular weight excluding hydrogens is 254 g/mol. The number of hydrogen-bond donors (Lipinski definition) is 2. The summed E-state index contributed by atoms with van der Waals surface area (Å²) in [6.45, 7) is 1.88. The summed E-state index contributed by atoms with van der Waals surface area (Å²) in [5, 5.41) is 11.3. The molecule has 1 aromatic rings. The molecule has 2 rings (SSSR count). The van der Waals surface area contributed by atoms with Crippen LogP contribution in [0.4, 0.5) is 4.79 Å². The fourth-order valence-corrected chi connectivity index (χ4v) is 2.72. The van der Waals surface area contributed by atoms with E-state index in [-0.39, 0.29) is 12.0 Å². The van der Waals surface area contributed by atoms with Gasteiger partial charge in [0.15, 0.2) is 0 Å². The van der Waals surface area contributed by atoms with Gasteiger partial charge in [-0.25, -0.2) is 4.79 Å². The maximum atomic E-state index is 10.8. The molecule has 1 aromatic carbocycles. The number of carbonyl (C=O) groups excluding carboxylic acids is 1. The van der Waals surface area contributed by atoms with Crippen molar-refractivity contribution in [1.29, 1.82) is 0 Å². The van der Waals surface area contributed by atoms with Gasteiger partial charge in [-0.1, -0.05) is 36.7 Å². The van der Waals surface area contributed by atoms with E-state index in [1.54, 1.807) is 12.1 Å². The van der Waals surface area contributed by atoms with Crippen molar-refractivity contribution in [3.05, 3.63) is 34.9 Å². The Labute approximate surface area is 111 Å². The summed E-state index contributed by atoms with van der Waals surface area (Å²) >= 11 is 6.12. The van der Waals surface area contributed by atoms with Gasteiger partial charge in [-0.15, -0.1) is 0 Å². The number of primary amides is 1. The average Bonchev–Trinajstić information content (AvgIpc) is 3.07. The van der Waals surface area contributed by atoms with Crippen molar-refractivity contribution in [2.24, 2.45) is 11.7 Å². The molecular formula is C13H16ClNO3. The van der Waals surface area contributed by atoms with Crippen LogP contribution in [0.1, 0.15) is 25.3 Å². The fourth-order valence-electron chi connectivity index (χ4n) is 2.42. The number of aliphatic hydroxyl groups is 1. The van der Waals surface area contributed by atoms with Crippen LogP contribution in [0.15, 0.2) is 24.3 Å². The van der Waals surface area contributed by atoms with Crippen LogP contribution >= 0.6 is 11.6 Å². The number of nitrogens with two attached hydrogens (primary N) is 1. The van der Waals surface area contributed by atoms with E-state index >= 15 is 0 Å². The zero-order valence-corrected chi connectivity index (χ0v) is 10.9. The second-order valence-corrected chi connectivity index (χ2v) is 4.98. The molecule has 0 saturated heterocycles. The van der Waals surface area contributed by atoms with Crippen molar-refractivity contribution in [3.63, 3.8) is 0 Å². The van der Waals surface area contributed by atoms with Gasteiger partial charge >= 0.3 is 6.09 Å². The number of carbonyl (C=O) groups is 1. The third kappa shape index (κ3) is 2.31. The van der Waals surface area contributed by atoms with Crippen molar-refractivity contribution >= 4 is 17.7 Å². The van der Waals surface area contributed by atoms with Crippen LogP contribution in [0.5, 0.6) is 0 Å². The van der Waals surface area contributed by atoms with E-state index in [4.69, 9.17) is 22.1 Å². The number of ether oxygens (including phenoxy) is 1. The molecule has 0 aliphatic heterocycles. The minimum atomic E-state index is -1.07. The molecule has 0 heterocycles. The van der Waals surface area contributed by atoms with Gasteiger partial charge in [0.2, 0.25) is 0 Å². The molecule has 98 valence electrons. The lowest BCUT2D eigenvalue weighted by Gasteiger charge is -2.28. The summed E-state index contributed by atoms with van der Waals surface area (Å²) in [7, 11) is 0. The molecule has 0 aromatic heterocycles. The van der Waals surface area contributed by atoms with Gasteiger partial charge in [-0.05, 0) is 18.9 Å². The summed E-state index contributed by atoms with van der Waals surface area (Å²) in [6, 6.07) is 7.18. The number of hydrogen-bond acceptors (Lipinski definition) is 3. The predicted octanol–water partition coefficient (Wildman–Crippen LogP) is 2.42. The molecule has 3 atom stereocenters. The number of rotatable bonds is 4. The Morgan fingerprint density at radius 3 is 2.83 bits per heavy atom. The Balaban J connectivity index is 2.23. The first-order valence-corrected chi connectivity index (χ1v) is 6.30. The van der Waals surface area contributed by atoms with Crippen LogP contribution in [0.25, 0.3) is 0 Å². The molecule has 0 bridgehead atoms. The third-order valence-electron chi connectivity index (χ3n) is 3.49. The number of amides is 1. The smallest absolute Gasteiger partial charge is 0.404 e. The molecule has 18 heavy (non-hydrogen) atoms. The Hall–Kier alpha value is -1.26. The highest BCUT2D eigenvalue weighted by Crippen LogP contribution is 2.50. The first kappa shape index (κ1) is 13.2. The Kier molecular flexibility index (Phi) is 3.50. The van der Waals surface area contributed by atoms with Gasteiger partial charge in [-0.3, -0.25) is 0 Å². The summed E-state index contributed by atoms with van der Waals surface area (Å²) in [5.74, 6) is -0.144. The van der Waals surface area contributed by atoms with Crippen LogP contribution in [-0.4, -0.2) is 17.3 Å². The molecule has 1 aliphatic rings. The zero-order valence-electron chi connectivity index (χ0n) is 10.1. The minimum Gasteiger partial charge on any atom is -0.446 e. The quantitative estimate of drug-likeness (QED) is 0.882. The minimum absolute atomic E-state index is 0.144. The first-order valence-electron chi connectivity index (χ1n) is 5.92. The molecule has 5 heteroatoms. The van der Waals surface area contributed by atoms with Crippen molar-refractivity contribution in [2.75, 3.05) is 0 Å². The normalized spacial score (nSPS) is 25.3. The van der Waals surface area contributed by atoms with E-state index in [0.717, 1.165) is 0 Å². The second kappa shape index (κ2) is 4.78. The summed E-state index contributed by atoms with van der Waals surface area (Å²) in [4.78, 5) is 10.7. The Morgan fingerprint density at radius 1 is 1.61 bits per heavy atom. The maximum absolute atomic E-state index is 10.8. The molecule has 1 saturated carbocycles. The zero-order chi connectivity index (χ0) is 13.3. The van der Waals surface area contributed by atoms with Crippen molar-refractivity contribution < 1.29 is 14.6 Å². The molecule has 0 spiro atoms. The fraction of sp³-hybridized carbons (Fsp3) is 0.462. The maximum Gasteiger partial charge on any atom is 0.404 e. The molecule has 0 radical (unpaired) electrons. The Morgan fingerprint density at radius 2 is 2.28 bits per heavy atom. The van der Waals surface area contributed by atoms with E-state index in [9.17, 15) is 9.90 Å². The summed E-state index contributed by atoms with van der Waals surface area (Å²) in [5.41, 5.74) is 4.58. The lowest BCUT2D eigenvalue weighted by Crippen LogP contribution is -2.30. The monoisotopic (exact) mass is 269 g/mol. The van der Waals surface area contributed by atoms with Crippen LogP contribution in [-0.2, 0) is 10.3 Å². The van der Waals surface area contributed by atoms with Crippen LogP contribution in [0, 0.1) is 5.92 Å². The highest BCUT2D eigenvalue weighted by molar-refractivity contribution is 6.31. The van der Waals surface area contributed by atoms with E-state index in [1.165, 1.54) is 0 Å². The second-order valence-electron chi connectivity index (χ2n) is 4.58. The number of halogens is 1. The molecule has 1 fully saturated rings. The topological polar surface area (TPSA) is 72.6 Å². The van der Waals surface area contributed by atoms with Crippen LogP contribution in [0.3, 0.4) is 0 Å². The summed E-state index contributed by atoms with van der Waals surface area (Å²) < 4.78 is 4.92. The Bertz CT molecular complexity index is 465. The predicted molar refractivity (Wildman–Crippen MR) is 68.2 cm³/mol. The van der Waals surface area contributed by atoms with Gasteiger partial charge in [0.05, 0.1) is 5.60 Å². The highest BCUT2D eigenvalue weighted by Gasteiger charge is 2.54. The van der Waals surface area contributed by atoms with Gasteiger partial charge in [0, 0.05) is 16.5 Å². The average molecular weight is 270 g/mol. The van der Waals surface area contributed by atoms with Crippen molar-refractivity contribution in [3.8, 4) is 0 Å². The van der Waals surface area contributed by atoms with Crippen molar-refractivity contribution in [2.45, 2.75) is 31.5 Å². The summed E-state index contributed by atoms with van der Waals surface area (Å²) in [6.07, 6.45) is -0.0118. The third-order valence-corrected chi connectivity index (χ3v) is 3.82. The van der Waals surface area contributed by atoms with Crippen LogP contribution in [0.2, 0.25) is 5.02 Å². The van der Waals surface area contributed by atoms with Gasteiger partial charge in [0.25, 0.3) is 0 Å². The van der Waals surface area contributed by atoms with Gasteiger partial charge in [0.1, 0.15) is 6.10 Å². The molecule has 1 unspecified atom stereocenters. The largest absolute Gasteiger partial charge is 0.446 e. The van der Waals surface area contributed by atoms with Gasteiger partial charge in [-0.2, -0.15) is 0 Å². The number of benzene rings is 1. The van der Waals surface area contributed by atoms with Crippen LogP contribution < -0.4 is 5.73 Å². The molecule has 1 amide bonds. The van der Waals surface area contributed by atoms with E-state index in [0.29, 0.717) is 23.4 Å². The molecule has 3 N–H and O–H groups in total. The van der Waals surface area contributed by atoms with Gasteiger partial charge < -0.3 is 15.6 Å². The first-order chi connectivity index (χ1) is 8.49. The molecule has 4 nitrogen and oxygen atoms in total. The van der Waals surface area contributed by atoms with E-state index in [2.05, 4.69) is 0 Å².